The Balaban J connectivity index is 2.00. The summed E-state index contributed by atoms with van der Waals surface area (Å²) in [6.07, 6.45) is 7.65. The average molecular weight is 290 g/mol. The summed E-state index contributed by atoms with van der Waals surface area (Å²) in [4.78, 5) is 0. The molecule has 19 heavy (non-hydrogen) atoms. The van der Waals surface area contributed by atoms with E-state index in [1.54, 1.807) is 8.61 Å². The van der Waals surface area contributed by atoms with E-state index in [-0.39, 0.29) is 12.6 Å². The van der Waals surface area contributed by atoms with Gasteiger partial charge in [0.2, 0.25) is 0 Å². The van der Waals surface area contributed by atoms with Crippen LogP contribution >= 0.6 is 0 Å². The molecule has 1 N–H and O–H groups in total. The molecule has 0 aromatic rings. The minimum absolute atomic E-state index is 0.141. The number of aliphatic hydroxyl groups is 1. The molecule has 0 bridgehead atoms. The number of hydrogen-bond donors (Lipinski definition) is 1. The summed E-state index contributed by atoms with van der Waals surface area (Å²) in [7, 11) is -3.28. The molecule has 0 atom stereocenters. The third-order valence-corrected chi connectivity index (χ3v) is 6.02. The monoisotopic (exact) mass is 290 g/mol. The van der Waals surface area contributed by atoms with E-state index in [1.807, 2.05) is 0 Å². The van der Waals surface area contributed by atoms with Crippen molar-refractivity contribution < 1.29 is 13.5 Å². The Kier molecular flexibility index (Phi) is 5.62. The summed E-state index contributed by atoms with van der Waals surface area (Å²) < 4.78 is 28.8. The van der Waals surface area contributed by atoms with Crippen LogP contribution in [0.15, 0.2) is 0 Å². The van der Waals surface area contributed by atoms with Gasteiger partial charge in [-0.2, -0.15) is 17.0 Å². The van der Waals surface area contributed by atoms with Crippen LogP contribution in [-0.4, -0.2) is 54.4 Å². The zero-order valence-corrected chi connectivity index (χ0v) is 12.4. The maximum atomic E-state index is 12.7. The molecular weight excluding hydrogens is 264 g/mol. The maximum Gasteiger partial charge on any atom is 0.282 e. The van der Waals surface area contributed by atoms with E-state index in [4.69, 9.17) is 5.11 Å². The lowest BCUT2D eigenvalue weighted by Gasteiger charge is -2.29. The molecule has 0 aromatic carbocycles. The predicted molar refractivity (Wildman–Crippen MR) is 75.0 cm³/mol. The second kappa shape index (κ2) is 7.02. The Morgan fingerprint density at radius 1 is 1.05 bits per heavy atom. The number of unbranched alkanes of at least 4 members (excludes halogenated alkanes) is 1. The Morgan fingerprint density at radius 3 is 2.21 bits per heavy atom. The lowest BCUT2D eigenvalue weighted by atomic mass is 10.2. The summed E-state index contributed by atoms with van der Waals surface area (Å²) >= 11 is 0. The van der Waals surface area contributed by atoms with Gasteiger partial charge in [-0.1, -0.05) is 12.8 Å². The molecule has 112 valence electrons. The van der Waals surface area contributed by atoms with Gasteiger partial charge in [0.05, 0.1) is 0 Å². The Morgan fingerprint density at radius 2 is 1.68 bits per heavy atom. The Labute approximate surface area is 116 Å². The minimum Gasteiger partial charge on any atom is -0.396 e. The topological polar surface area (TPSA) is 60.9 Å². The highest BCUT2D eigenvalue weighted by molar-refractivity contribution is 7.86. The quantitative estimate of drug-likeness (QED) is 0.720. The molecule has 2 fully saturated rings. The van der Waals surface area contributed by atoms with Gasteiger partial charge in [-0.3, -0.25) is 0 Å². The second-order valence-electron chi connectivity index (χ2n) is 5.59. The van der Waals surface area contributed by atoms with Gasteiger partial charge < -0.3 is 5.11 Å². The molecule has 0 unspecified atom stereocenters. The highest BCUT2D eigenvalue weighted by atomic mass is 32.2. The third-order valence-electron chi connectivity index (χ3n) is 3.93. The first-order valence-corrected chi connectivity index (χ1v) is 8.94. The van der Waals surface area contributed by atoms with E-state index in [9.17, 15) is 8.42 Å². The van der Waals surface area contributed by atoms with Gasteiger partial charge in [-0.05, 0) is 38.5 Å². The molecule has 2 aliphatic rings. The molecule has 0 spiro atoms. The van der Waals surface area contributed by atoms with E-state index < -0.39 is 10.2 Å². The number of rotatable bonds is 7. The number of aliphatic hydroxyl groups excluding tert-OH is 1. The molecule has 1 aliphatic carbocycles. The largest absolute Gasteiger partial charge is 0.396 e. The van der Waals surface area contributed by atoms with Crippen molar-refractivity contribution in [3.63, 3.8) is 0 Å². The molecule has 0 amide bonds. The molecule has 6 heteroatoms. The zero-order valence-electron chi connectivity index (χ0n) is 11.6. The van der Waals surface area contributed by atoms with Gasteiger partial charge in [0.25, 0.3) is 10.2 Å². The van der Waals surface area contributed by atoms with Crippen LogP contribution in [0.4, 0.5) is 0 Å². The number of nitrogens with zero attached hydrogens (tertiary/aromatic N) is 2. The summed E-state index contributed by atoms with van der Waals surface area (Å²) in [5.74, 6) is 0. The van der Waals surface area contributed by atoms with Crippen molar-refractivity contribution in [2.24, 2.45) is 0 Å². The van der Waals surface area contributed by atoms with E-state index in [2.05, 4.69) is 0 Å². The second-order valence-corrected chi connectivity index (χ2v) is 7.47. The molecule has 0 radical (unpaired) electrons. The molecule has 1 saturated heterocycles. The fraction of sp³-hybridized carbons (Fsp3) is 1.00. The van der Waals surface area contributed by atoms with Crippen LogP contribution in [-0.2, 0) is 10.2 Å². The molecule has 0 aromatic heterocycles. The lowest BCUT2D eigenvalue weighted by molar-refractivity contribution is 0.271. The van der Waals surface area contributed by atoms with Crippen molar-refractivity contribution in [3.05, 3.63) is 0 Å². The van der Waals surface area contributed by atoms with Crippen molar-refractivity contribution >= 4 is 10.2 Å². The van der Waals surface area contributed by atoms with Crippen LogP contribution in [0.2, 0.25) is 0 Å². The smallest absolute Gasteiger partial charge is 0.282 e. The summed E-state index contributed by atoms with van der Waals surface area (Å²) in [5.41, 5.74) is 0. The van der Waals surface area contributed by atoms with Crippen LogP contribution in [0.5, 0.6) is 0 Å². The Hall–Kier alpha value is -0.170. The maximum absolute atomic E-state index is 12.7. The van der Waals surface area contributed by atoms with Crippen molar-refractivity contribution in [3.8, 4) is 0 Å². The predicted octanol–water partition coefficient (Wildman–Crippen LogP) is 1.34. The van der Waals surface area contributed by atoms with Crippen LogP contribution < -0.4 is 0 Å². The molecule has 1 heterocycles. The first kappa shape index (κ1) is 15.2. The van der Waals surface area contributed by atoms with Gasteiger partial charge in [0.1, 0.15) is 0 Å². The highest BCUT2D eigenvalue weighted by Crippen LogP contribution is 2.31. The van der Waals surface area contributed by atoms with Crippen molar-refractivity contribution in [2.45, 2.75) is 57.4 Å². The van der Waals surface area contributed by atoms with E-state index in [1.165, 1.54) is 0 Å². The minimum atomic E-state index is -3.28. The molecule has 2 rings (SSSR count). The van der Waals surface area contributed by atoms with E-state index in [0.29, 0.717) is 26.1 Å². The standard InChI is InChI=1S/C13H26N2O3S/c16-12-6-5-11-15(13-7-8-13)19(17,18)14-9-3-1-2-4-10-14/h13,16H,1-12H2. The molecule has 5 nitrogen and oxygen atoms in total. The van der Waals surface area contributed by atoms with E-state index >= 15 is 0 Å². The fourth-order valence-corrected chi connectivity index (χ4v) is 4.61. The third kappa shape index (κ3) is 4.15. The highest BCUT2D eigenvalue weighted by Gasteiger charge is 2.39. The summed E-state index contributed by atoms with van der Waals surface area (Å²) in [6, 6.07) is 0.215. The van der Waals surface area contributed by atoms with Gasteiger partial charge in [0.15, 0.2) is 0 Å². The molecular formula is C13H26N2O3S. The zero-order chi connectivity index (χ0) is 13.7. The lowest BCUT2D eigenvalue weighted by Crippen LogP contribution is -2.45. The number of hydrogen-bond acceptors (Lipinski definition) is 3. The van der Waals surface area contributed by atoms with Crippen molar-refractivity contribution in [1.82, 2.24) is 8.61 Å². The van der Waals surface area contributed by atoms with Gasteiger partial charge in [-0.15, -0.1) is 0 Å². The van der Waals surface area contributed by atoms with E-state index in [0.717, 1.165) is 44.9 Å². The van der Waals surface area contributed by atoms with Gasteiger partial charge in [-0.25, -0.2) is 0 Å². The van der Waals surface area contributed by atoms with Crippen LogP contribution in [0.3, 0.4) is 0 Å². The van der Waals surface area contributed by atoms with Crippen molar-refractivity contribution in [1.29, 1.82) is 0 Å². The molecule has 1 saturated carbocycles. The Bertz CT molecular complexity index is 360. The first-order valence-electron chi connectivity index (χ1n) is 7.54. The summed E-state index contributed by atoms with van der Waals surface area (Å²) in [6.45, 7) is 2.05. The SMILES string of the molecule is O=S(=O)(N1CCCCCC1)N(CCCCO)C1CC1. The normalized spacial score (nSPS) is 22.6. The average Bonchev–Trinajstić information content (AvgIpc) is 3.20. The summed E-state index contributed by atoms with van der Waals surface area (Å²) in [5, 5.41) is 8.84. The van der Waals surface area contributed by atoms with Crippen molar-refractivity contribution in [2.75, 3.05) is 26.2 Å². The molecule has 1 aliphatic heterocycles. The fourth-order valence-electron chi connectivity index (χ4n) is 2.65. The van der Waals surface area contributed by atoms with Crippen LogP contribution in [0.25, 0.3) is 0 Å². The van der Waals surface area contributed by atoms with Gasteiger partial charge in [0, 0.05) is 32.3 Å². The van der Waals surface area contributed by atoms with Crippen LogP contribution in [0.1, 0.15) is 51.4 Å². The van der Waals surface area contributed by atoms with Gasteiger partial charge >= 0.3 is 0 Å². The first-order chi connectivity index (χ1) is 9.16. The van der Waals surface area contributed by atoms with Crippen LogP contribution in [0, 0.1) is 0 Å².